The van der Waals surface area contributed by atoms with Gasteiger partial charge in [0, 0.05) is 26.0 Å². The number of methoxy groups -OCH3 is 1. The van der Waals surface area contributed by atoms with Gasteiger partial charge in [-0.05, 0) is 25.0 Å². The fourth-order valence-corrected chi connectivity index (χ4v) is 3.46. The lowest BCUT2D eigenvalue weighted by molar-refractivity contribution is 0.200. The number of hydrogen-bond donors (Lipinski definition) is 0. The van der Waals surface area contributed by atoms with E-state index >= 15 is 0 Å². The molecule has 0 amide bonds. The zero-order valence-electron chi connectivity index (χ0n) is 14.1. The summed E-state index contributed by atoms with van der Waals surface area (Å²) in [6.45, 7) is 3.69. The Morgan fingerprint density at radius 1 is 1.17 bits per heavy atom. The summed E-state index contributed by atoms with van der Waals surface area (Å²) in [5.41, 5.74) is 0.873. The fourth-order valence-electron chi connectivity index (χ4n) is 2.52. The van der Waals surface area contributed by atoms with Crippen molar-refractivity contribution in [2.75, 3.05) is 19.5 Å². The van der Waals surface area contributed by atoms with Gasteiger partial charge in [0.15, 0.2) is 5.16 Å². The van der Waals surface area contributed by atoms with Crippen molar-refractivity contribution in [3.8, 4) is 0 Å². The van der Waals surface area contributed by atoms with Crippen LogP contribution in [0.4, 0.5) is 0 Å². The molecule has 0 atom stereocenters. The molecule has 0 aliphatic rings. The second-order valence-electron chi connectivity index (χ2n) is 5.62. The third-order valence-corrected chi connectivity index (χ3v) is 4.85. The van der Waals surface area contributed by atoms with Crippen molar-refractivity contribution in [3.05, 3.63) is 34.6 Å². The van der Waals surface area contributed by atoms with E-state index in [2.05, 4.69) is 6.92 Å². The molecule has 1 aromatic carbocycles. The number of hydrogen-bond acceptors (Lipinski definition) is 4. The Labute approximate surface area is 142 Å². The van der Waals surface area contributed by atoms with E-state index in [9.17, 15) is 4.79 Å². The van der Waals surface area contributed by atoms with E-state index in [1.54, 1.807) is 18.9 Å². The zero-order chi connectivity index (χ0) is 16.5. The second-order valence-corrected chi connectivity index (χ2v) is 6.69. The number of benzene rings is 1. The summed E-state index contributed by atoms with van der Waals surface area (Å²) in [6, 6.07) is 7.61. The Hall–Kier alpha value is -1.33. The van der Waals surface area contributed by atoms with E-state index in [0.29, 0.717) is 5.39 Å². The predicted octanol–water partition coefficient (Wildman–Crippen LogP) is 4.11. The van der Waals surface area contributed by atoms with Crippen LogP contribution in [0, 0.1) is 0 Å². The molecule has 4 nitrogen and oxygen atoms in total. The molecule has 0 spiro atoms. The highest BCUT2D eigenvalue weighted by atomic mass is 32.2. The van der Waals surface area contributed by atoms with Gasteiger partial charge < -0.3 is 4.74 Å². The van der Waals surface area contributed by atoms with Crippen LogP contribution in [-0.2, 0) is 11.3 Å². The van der Waals surface area contributed by atoms with Crippen LogP contribution in [-0.4, -0.2) is 29.0 Å². The van der Waals surface area contributed by atoms with E-state index in [-0.39, 0.29) is 5.56 Å². The standard InChI is InChI=1S/C18H26N2O2S/c1-3-4-5-8-12-20-17(21)15-10-6-7-11-16(15)19-18(20)23-14-9-13-22-2/h6-7,10-11H,3-5,8-9,12-14H2,1-2H3. The number of thioether (sulfide) groups is 1. The Balaban J connectivity index is 2.23. The molecule has 2 aromatic rings. The van der Waals surface area contributed by atoms with Crippen LogP contribution in [0.15, 0.2) is 34.2 Å². The molecular weight excluding hydrogens is 308 g/mol. The Bertz CT molecular complexity index is 670. The minimum absolute atomic E-state index is 0.0846. The van der Waals surface area contributed by atoms with E-state index in [1.807, 2.05) is 28.8 Å². The lowest BCUT2D eigenvalue weighted by Gasteiger charge is -2.13. The van der Waals surface area contributed by atoms with Crippen molar-refractivity contribution < 1.29 is 4.74 Å². The molecule has 5 heteroatoms. The lowest BCUT2D eigenvalue weighted by Crippen LogP contribution is -2.23. The molecule has 0 unspecified atom stereocenters. The van der Waals surface area contributed by atoms with Gasteiger partial charge in [0.05, 0.1) is 10.9 Å². The molecule has 0 aliphatic heterocycles. The van der Waals surface area contributed by atoms with Gasteiger partial charge in [-0.1, -0.05) is 50.1 Å². The van der Waals surface area contributed by atoms with Crippen molar-refractivity contribution >= 4 is 22.7 Å². The SMILES string of the molecule is CCCCCCn1c(SCCCOC)nc2ccccc2c1=O. The molecule has 0 bridgehead atoms. The minimum Gasteiger partial charge on any atom is -0.385 e. The quantitative estimate of drug-likeness (QED) is 0.373. The summed E-state index contributed by atoms with van der Waals surface area (Å²) in [5.74, 6) is 0.910. The van der Waals surface area contributed by atoms with Gasteiger partial charge >= 0.3 is 0 Å². The normalized spacial score (nSPS) is 11.2. The first kappa shape index (κ1) is 18.0. The highest BCUT2D eigenvalue weighted by Gasteiger charge is 2.11. The van der Waals surface area contributed by atoms with Crippen LogP contribution in [0.3, 0.4) is 0 Å². The van der Waals surface area contributed by atoms with Crippen molar-refractivity contribution in [2.45, 2.75) is 50.7 Å². The number of rotatable bonds is 10. The summed E-state index contributed by atoms with van der Waals surface area (Å²) < 4.78 is 6.95. The zero-order valence-corrected chi connectivity index (χ0v) is 14.9. The van der Waals surface area contributed by atoms with Crippen LogP contribution in [0.25, 0.3) is 10.9 Å². The predicted molar refractivity (Wildman–Crippen MR) is 97.4 cm³/mol. The van der Waals surface area contributed by atoms with Crippen LogP contribution >= 0.6 is 11.8 Å². The maximum absolute atomic E-state index is 12.8. The van der Waals surface area contributed by atoms with Gasteiger partial charge in [-0.3, -0.25) is 9.36 Å². The molecule has 0 saturated heterocycles. The smallest absolute Gasteiger partial charge is 0.262 e. The van der Waals surface area contributed by atoms with E-state index in [4.69, 9.17) is 9.72 Å². The van der Waals surface area contributed by atoms with Gasteiger partial charge in [0.2, 0.25) is 0 Å². The molecule has 1 heterocycles. The first-order valence-electron chi connectivity index (χ1n) is 8.39. The monoisotopic (exact) mass is 334 g/mol. The van der Waals surface area contributed by atoms with Crippen molar-refractivity contribution in [2.24, 2.45) is 0 Å². The van der Waals surface area contributed by atoms with Gasteiger partial charge in [-0.15, -0.1) is 0 Å². The van der Waals surface area contributed by atoms with Gasteiger partial charge in [0.25, 0.3) is 5.56 Å². The molecule has 2 rings (SSSR count). The highest BCUT2D eigenvalue weighted by molar-refractivity contribution is 7.99. The maximum Gasteiger partial charge on any atom is 0.262 e. The topological polar surface area (TPSA) is 44.1 Å². The third kappa shape index (κ3) is 5.08. The summed E-state index contributed by atoms with van der Waals surface area (Å²) in [4.78, 5) is 17.5. The number of fused-ring (bicyclic) bond motifs is 1. The summed E-state index contributed by atoms with van der Waals surface area (Å²) in [7, 11) is 1.71. The van der Waals surface area contributed by atoms with Crippen molar-refractivity contribution in [3.63, 3.8) is 0 Å². The van der Waals surface area contributed by atoms with E-state index < -0.39 is 0 Å². The summed E-state index contributed by atoms with van der Waals surface area (Å²) in [6.07, 6.45) is 5.55. The second kappa shape index (κ2) is 9.73. The highest BCUT2D eigenvalue weighted by Crippen LogP contribution is 2.19. The number of unbranched alkanes of at least 4 members (excludes halogenated alkanes) is 3. The first-order valence-corrected chi connectivity index (χ1v) is 9.37. The van der Waals surface area contributed by atoms with Gasteiger partial charge in [-0.2, -0.15) is 0 Å². The molecule has 23 heavy (non-hydrogen) atoms. The van der Waals surface area contributed by atoms with Crippen molar-refractivity contribution in [1.82, 2.24) is 9.55 Å². The number of ether oxygens (including phenoxy) is 1. The Morgan fingerprint density at radius 3 is 2.78 bits per heavy atom. The van der Waals surface area contributed by atoms with Crippen LogP contribution in [0.2, 0.25) is 0 Å². The average Bonchev–Trinajstić information content (AvgIpc) is 2.57. The first-order chi connectivity index (χ1) is 11.3. The molecule has 1 aromatic heterocycles. The number of para-hydroxylation sites is 1. The van der Waals surface area contributed by atoms with E-state index in [1.165, 1.54) is 12.8 Å². The molecule has 0 fully saturated rings. The maximum atomic E-state index is 12.8. The summed E-state index contributed by atoms with van der Waals surface area (Å²) in [5, 5.41) is 1.55. The lowest BCUT2D eigenvalue weighted by atomic mass is 10.2. The van der Waals surface area contributed by atoms with Crippen LogP contribution in [0.1, 0.15) is 39.0 Å². The van der Waals surface area contributed by atoms with Crippen LogP contribution in [0.5, 0.6) is 0 Å². The molecular formula is C18H26N2O2S. The van der Waals surface area contributed by atoms with Crippen LogP contribution < -0.4 is 5.56 Å². The molecule has 0 radical (unpaired) electrons. The molecule has 0 N–H and O–H groups in total. The molecule has 0 saturated carbocycles. The Morgan fingerprint density at radius 2 is 2.00 bits per heavy atom. The number of aromatic nitrogens is 2. The van der Waals surface area contributed by atoms with Gasteiger partial charge in [-0.25, -0.2) is 4.98 Å². The molecule has 126 valence electrons. The summed E-state index contributed by atoms with van der Waals surface area (Å²) >= 11 is 1.65. The van der Waals surface area contributed by atoms with Crippen molar-refractivity contribution in [1.29, 1.82) is 0 Å². The third-order valence-electron chi connectivity index (χ3n) is 3.79. The Kier molecular flexibility index (Phi) is 7.62. The van der Waals surface area contributed by atoms with Gasteiger partial charge in [0.1, 0.15) is 0 Å². The number of nitrogens with zero attached hydrogens (tertiary/aromatic N) is 2. The largest absolute Gasteiger partial charge is 0.385 e. The fraction of sp³-hybridized carbons (Fsp3) is 0.556. The average molecular weight is 334 g/mol. The van der Waals surface area contributed by atoms with E-state index in [0.717, 1.165) is 48.8 Å². The minimum atomic E-state index is 0.0846. The molecule has 0 aliphatic carbocycles.